The molecule has 1 aliphatic heterocycles. The Hall–Kier alpha value is -2.09. The number of carbonyl (C=O) groups excluding carboxylic acids is 2. The van der Waals surface area contributed by atoms with Crippen LogP contribution in [-0.2, 0) is 24.5 Å². The number of ether oxygens (including phenoxy) is 1. The largest absolute Gasteiger partial charge is 0.506 e. The number of amides is 1. The molecule has 0 bridgehead atoms. The SMILES string of the molecule is O=C(O)CNC(=O)C1=C(O)c2cc(Cl)c(Cl)cc2C2(CCOCC2)C1=O. The lowest BCUT2D eigenvalue weighted by molar-refractivity contribution is -0.138. The van der Waals surface area contributed by atoms with Gasteiger partial charge in [0.25, 0.3) is 5.91 Å². The van der Waals surface area contributed by atoms with Crippen molar-refractivity contribution in [1.29, 1.82) is 0 Å². The molecular formula is C17H15Cl2NO6. The molecule has 0 aromatic heterocycles. The molecular weight excluding hydrogens is 385 g/mol. The summed E-state index contributed by atoms with van der Waals surface area (Å²) < 4.78 is 5.35. The van der Waals surface area contributed by atoms with Crippen LogP contribution in [-0.4, -0.2) is 47.6 Å². The van der Waals surface area contributed by atoms with Crippen LogP contribution in [0.4, 0.5) is 0 Å². The van der Waals surface area contributed by atoms with Gasteiger partial charge in [-0.1, -0.05) is 23.2 Å². The Bertz CT molecular complexity index is 842. The van der Waals surface area contributed by atoms with Crippen LogP contribution in [0.5, 0.6) is 0 Å². The van der Waals surface area contributed by atoms with Crippen molar-refractivity contribution in [2.45, 2.75) is 18.3 Å². The van der Waals surface area contributed by atoms with Crippen molar-refractivity contribution in [3.63, 3.8) is 0 Å². The second-order valence-corrected chi connectivity index (χ2v) is 6.95. The molecule has 1 saturated heterocycles. The molecule has 2 aliphatic rings. The molecule has 1 aromatic carbocycles. The summed E-state index contributed by atoms with van der Waals surface area (Å²) in [5.41, 5.74) is -0.822. The molecule has 1 spiro atoms. The van der Waals surface area contributed by atoms with Crippen LogP contribution in [0.2, 0.25) is 10.0 Å². The van der Waals surface area contributed by atoms with E-state index in [4.69, 9.17) is 33.0 Å². The van der Waals surface area contributed by atoms with Gasteiger partial charge < -0.3 is 20.3 Å². The lowest BCUT2D eigenvalue weighted by atomic mass is 9.64. The Morgan fingerprint density at radius 1 is 1.19 bits per heavy atom. The second-order valence-electron chi connectivity index (χ2n) is 6.14. The number of aliphatic carboxylic acids is 1. The predicted molar refractivity (Wildman–Crippen MR) is 93.4 cm³/mol. The number of carboxylic acids is 1. The topological polar surface area (TPSA) is 113 Å². The molecule has 1 fully saturated rings. The van der Waals surface area contributed by atoms with Crippen molar-refractivity contribution in [3.8, 4) is 0 Å². The highest BCUT2D eigenvalue weighted by Crippen LogP contribution is 2.47. The van der Waals surface area contributed by atoms with Gasteiger partial charge in [-0.25, -0.2) is 0 Å². The molecule has 7 nitrogen and oxygen atoms in total. The molecule has 0 unspecified atom stereocenters. The van der Waals surface area contributed by atoms with Crippen LogP contribution >= 0.6 is 23.2 Å². The maximum atomic E-state index is 13.2. The fraction of sp³-hybridized carbons (Fsp3) is 0.353. The maximum Gasteiger partial charge on any atom is 0.322 e. The predicted octanol–water partition coefficient (Wildman–Crippen LogP) is 2.09. The minimum Gasteiger partial charge on any atom is -0.506 e. The van der Waals surface area contributed by atoms with E-state index in [0.29, 0.717) is 31.6 Å². The fourth-order valence-corrected chi connectivity index (χ4v) is 3.74. The van der Waals surface area contributed by atoms with Gasteiger partial charge in [0.1, 0.15) is 17.9 Å². The number of aliphatic hydroxyl groups excluding tert-OH is 1. The summed E-state index contributed by atoms with van der Waals surface area (Å²) in [5.74, 6) is -3.33. The number of ketones is 1. The minimum absolute atomic E-state index is 0.166. The summed E-state index contributed by atoms with van der Waals surface area (Å²) in [7, 11) is 0. The molecule has 3 rings (SSSR count). The van der Waals surface area contributed by atoms with Crippen LogP contribution < -0.4 is 5.32 Å². The van der Waals surface area contributed by atoms with E-state index in [9.17, 15) is 19.5 Å². The zero-order valence-corrected chi connectivity index (χ0v) is 15.0. The van der Waals surface area contributed by atoms with Crippen molar-refractivity contribution in [3.05, 3.63) is 38.9 Å². The number of hydrogen-bond donors (Lipinski definition) is 3. The maximum absolute atomic E-state index is 13.2. The molecule has 26 heavy (non-hydrogen) atoms. The van der Waals surface area contributed by atoms with E-state index in [1.807, 2.05) is 0 Å². The second kappa shape index (κ2) is 6.90. The summed E-state index contributed by atoms with van der Waals surface area (Å²) in [6.45, 7) is -0.0698. The van der Waals surface area contributed by atoms with E-state index in [0.717, 1.165) is 0 Å². The van der Waals surface area contributed by atoms with Gasteiger partial charge in [0.2, 0.25) is 0 Å². The van der Waals surface area contributed by atoms with Crippen molar-refractivity contribution < 1.29 is 29.3 Å². The van der Waals surface area contributed by atoms with Gasteiger partial charge in [0.05, 0.1) is 15.5 Å². The van der Waals surface area contributed by atoms with Crippen LogP contribution in [0.25, 0.3) is 5.76 Å². The number of nitrogens with one attached hydrogen (secondary N) is 1. The van der Waals surface area contributed by atoms with E-state index in [1.165, 1.54) is 12.1 Å². The summed E-state index contributed by atoms with van der Waals surface area (Å²) >= 11 is 12.2. The number of benzene rings is 1. The van der Waals surface area contributed by atoms with E-state index < -0.39 is 41.0 Å². The number of aliphatic hydroxyl groups is 1. The molecule has 9 heteroatoms. The number of carbonyl (C=O) groups is 3. The standard InChI is InChI=1S/C17H15Cl2NO6/c18-10-5-8-9(6-11(10)19)17(1-3-26-4-2-17)15(24)13(14(8)23)16(25)20-7-12(21)22/h5-6,23H,1-4,7H2,(H,20,25)(H,21,22). The summed E-state index contributed by atoms with van der Waals surface area (Å²) in [6.07, 6.45) is 0.611. The minimum atomic E-state index is -1.27. The number of fused-ring (bicyclic) bond motifs is 2. The van der Waals surface area contributed by atoms with Crippen molar-refractivity contribution in [2.75, 3.05) is 19.8 Å². The first-order valence-electron chi connectivity index (χ1n) is 7.83. The number of carboxylic acid groups (broad SMARTS) is 1. The molecule has 1 heterocycles. The first-order valence-corrected chi connectivity index (χ1v) is 8.59. The Morgan fingerprint density at radius 2 is 1.81 bits per heavy atom. The Balaban J connectivity index is 2.18. The highest BCUT2D eigenvalue weighted by molar-refractivity contribution is 6.42. The number of hydrogen-bond acceptors (Lipinski definition) is 5. The van der Waals surface area contributed by atoms with Crippen molar-refractivity contribution in [2.24, 2.45) is 0 Å². The molecule has 0 radical (unpaired) electrons. The van der Waals surface area contributed by atoms with Gasteiger partial charge in [-0.3, -0.25) is 14.4 Å². The van der Waals surface area contributed by atoms with Gasteiger partial charge >= 0.3 is 5.97 Å². The lowest BCUT2D eigenvalue weighted by Crippen LogP contribution is -2.48. The quantitative estimate of drug-likeness (QED) is 0.670. The van der Waals surface area contributed by atoms with Crippen LogP contribution in [0.15, 0.2) is 17.7 Å². The fourth-order valence-electron chi connectivity index (χ4n) is 3.41. The third kappa shape index (κ3) is 2.96. The third-order valence-corrected chi connectivity index (χ3v) is 5.43. The van der Waals surface area contributed by atoms with Gasteiger partial charge in [-0.15, -0.1) is 0 Å². The van der Waals surface area contributed by atoms with Crippen molar-refractivity contribution >= 4 is 46.6 Å². The highest BCUT2D eigenvalue weighted by atomic mass is 35.5. The summed E-state index contributed by atoms with van der Waals surface area (Å²) in [4.78, 5) is 36.3. The van der Waals surface area contributed by atoms with Crippen LogP contribution in [0.3, 0.4) is 0 Å². The smallest absolute Gasteiger partial charge is 0.322 e. The Labute approximate surface area is 158 Å². The first kappa shape index (κ1) is 18.7. The van der Waals surface area contributed by atoms with Gasteiger partial charge in [0.15, 0.2) is 5.78 Å². The van der Waals surface area contributed by atoms with E-state index >= 15 is 0 Å². The van der Waals surface area contributed by atoms with Gasteiger partial charge in [-0.2, -0.15) is 0 Å². The van der Waals surface area contributed by atoms with Crippen LogP contribution in [0, 0.1) is 0 Å². The molecule has 0 atom stereocenters. The molecule has 1 aliphatic carbocycles. The monoisotopic (exact) mass is 399 g/mol. The van der Waals surface area contributed by atoms with E-state index in [-0.39, 0.29) is 15.6 Å². The molecule has 1 aromatic rings. The lowest BCUT2D eigenvalue weighted by Gasteiger charge is -2.40. The molecule has 1 amide bonds. The Kier molecular flexibility index (Phi) is 4.96. The number of halogens is 2. The zero-order valence-electron chi connectivity index (χ0n) is 13.5. The summed E-state index contributed by atoms with van der Waals surface area (Å²) in [5, 5.41) is 21.8. The van der Waals surface area contributed by atoms with Crippen LogP contribution in [0.1, 0.15) is 24.0 Å². The average Bonchev–Trinajstić information content (AvgIpc) is 2.61. The summed E-state index contributed by atoms with van der Waals surface area (Å²) in [6, 6.07) is 2.94. The van der Waals surface area contributed by atoms with E-state index in [2.05, 4.69) is 5.32 Å². The highest BCUT2D eigenvalue weighted by Gasteiger charge is 2.50. The van der Waals surface area contributed by atoms with E-state index in [1.54, 1.807) is 0 Å². The number of Topliss-reactive ketones (excluding diaryl/α,β-unsaturated/α-hetero) is 1. The molecule has 0 saturated carbocycles. The normalized spacial score (nSPS) is 18.6. The number of rotatable bonds is 3. The third-order valence-electron chi connectivity index (χ3n) is 4.70. The van der Waals surface area contributed by atoms with Gasteiger partial charge in [-0.05, 0) is 30.5 Å². The van der Waals surface area contributed by atoms with Crippen molar-refractivity contribution in [1.82, 2.24) is 5.32 Å². The molecule has 3 N–H and O–H groups in total. The Morgan fingerprint density at radius 3 is 2.42 bits per heavy atom. The average molecular weight is 400 g/mol. The first-order chi connectivity index (χ1) is 12.3. The molecule has 138 valence electrons. The van der Waals surface area contributed by atoms with Gasteiger partial charge in [0, 0.05) is 18.8 Å². The zero-order chi connectivity index (χ0) is 19.1.